The fraction of sp³-hybridized carbons (Fsp3) is 0.263. The molecule has 0 atom stereocenters. The second-order valence-electron chi connectivity index (χ2n) is 6.81. The molecule has 1 aliphatic rings. The van der Waals surface area contributed by atoms with Crippen LogP contribution in [0, 0.1) is 0 Å². The molecule has 2 aromatic carbocycles. The lowest BCUT2D eigenvalue weighted by atomic mass is 9.75. The zero-order chi connectivity index (χ0) is 18.4. The number of aromatic amines is 1. The molecule has 4 N–H and O–H groups in total. The number of hydrogen-bond donors (Lipinski definition) is 4. The van der Waals surface area contributed by atoms with Crippen LogP contribution < -0.4 is 0 Å². The van der Waals surface area contributed by atoms with Crippen molar-refractivity contribution in [1.29, 1.82) is 0 Å². The Kier molecular flexibility index (Phi) is 4.49. The number of aromatic nitrogens is 1. The van der Waals surface area contributed by atoms with Crippen LogP contribution in [0.25, 0.3) is 22.0 Å². The molecule has 4 rings (SSSR count). The fourth-order valence-electron chi connectivity index (χ4n) is 3.32. The monoisotopic (exact) mass is 389 g/mol. The number of rotatable bonds is 5. The van der Waals surface area contributed by atoms with E-state index in [1.54, 1.807) is 6.20 Å². The summed E-state index contributed by atoms with van der Waals surface area (Å²) in [5.74, 6) is 0. The van der Waals surface area contributed by atoms with Crippen LogP contribution in [0.5, 0.6) is 0 Å². The number of aliphatic hydroxyl groups is 1. The molecular weight excluding hydrogens is 369 g/mol. The molecule has 0 aliphatic heterocycles. The summed E-state index contributed by atoms with van der Waals surface area (Å²) in [6.07, 6.45) is 4.49. The highest BCUT2D eigenvalue weighted by atomic mass is 32.2. The van der Waals surface area contributed by atoms with Crippen LogP contribution in [0.4, 0.5) is 0 Å². The predicted molar refractivity (Wildman–Crippen MR) is 104 cm³/mol. The Morgan fingerprint density at radius 1 is 1.08 bits per heavy atom. The van der Waals surface area contributed by atoms with E-state index in [0.29, 0.717) is 0 Å². The molecule has 26 heavy (non-hydrogen) atoms. The number of H-pyrrole nitrogens is 1. The summed E-state index contributed by atoms with van der Waals surface area (Å²) in [5, 5.41) is 11.4. The number of fused-ring (bicyclic) bond motifs is 1. The van der Waals surface area contributed by atoms with Crippen LogP contribution in [0.3, 0.4) is 0 Å². The minimum absolute atomic E-state index is 0.239. The van der Waals surface area contributed by atoms with Crippen LogP contribution in [0.1, 0.15) is 24.8 Å². The summed E-state index contributed by atoms with van der Waals surface area (Å²) in [6, 6.07) is 14.0. The van der Waals surface area contributed by atoms with E-state index in [2.05, 4.69) is 4.98 Å². The molecule has 0 spiro atoms. The second kappa shape index (κ2) is 6.55. The second-order valence-corrected chi connectivity index (χ2v) is 9.90. The van der Waals surface area contributed by atoms with Gasteiger partial charge in [0.25, 0.3) is 0 Å². The third-order valence-corrected chi connectivity index (χ3v) is 7.48. The Bertz CT molecular complexity index is 988. The summed E-state index contributed by atoms with van der Waals surface area (Å²) in [4.78, 5) is 22.2. The summed E-state index contributed by atoms with van der Waals surface area (Å²) < 4.78 is 11.1. The zero-order valence-electron chi connectivity index (χ0n) is 14.1. The molecule has 1 aromatic heterocycles. The molecule has 7 heteroatoms. The summed E-state index contributed by atoms with van der Waals surface area (Å²) in [6.45, 7) is 0. The molecule has 3 aromatic rings. The van der Waals surface area contributed by atoms with E-state index < -0.39 is 13.2 Å². The minimum Gasteiger partial charge on any atom is -0.385 e. The lowest BCUT2D eigenvalue weighted by Crippen LogP contribution is -2.33. The summed E-state index contributed by atoms with van der Waals surface area (Å²) >= 11 is 1.16. The molecule has 136 valence electrons. The van der Waals surface area contributed by atoms with E-state index >= 15 is 0 Å². The van der Waals surface area contributed by atoms with Crippen LogP contribution in [-0.4, -0.2) is 25.4 Å². The van der Waals surface area contributed by atoms with Gasteiger partial charge in [0.1, 0.15) is 5.49 Å². The number of hydrogen-bond acceptors (Lipinski definition) is 3. The number of thioether (sulfide) groups is 1. The Morgan fingerprint density at radius 2 is 1.77 bits per heavy atom. The molecule has 0 radical (unpaired) electrons. The van der Waals surface area contributed by atoms with Crippen LogP contribution in [0.15, 0.2) is 53.6 Å². The van der Waals surface area contributed by atoms with Gasteiger partial charge in [-0.3, -0.25) is 4.57 Å². The quantitative estimate of drug-likeness (QED) is 0.383. The van der Waals surface area contributed by atoms with E-state index in [9.17, 15) is 9.67 Å². The Labute approximate surface area is 155 Å². The first-order valence-electron chi connectivity index (χ1n) is 8.46. The van der Waals surface area contributed by atoms with Crippen molar-refractivity contribution >= 4 is 30.3 Å². The minimum atomic E-state index is -4.05. The van der Waals surface area contributed by atoms with Crippen LogP contribution in [0.2, 0.25) is 0 Å². The van der Waals surface area contributed by atoms with Gasteiger partial charge in [0.05, 0.1) is 5.60 Å². The molecule has 0 bridgehead atoms. The third-order valence-electron chi connectivity index (χ3n) is 4.97. The van der Waals surface area contributed by atoms with Gasteiger partial charge >= 0.3 is 7.60 Å². The molecule has 1 fully saturated rings. The first kappa shape index (κ1) is 17.8. The summed E-state index contributed by atoms with van der Waals surface area (Å²) in [5.41, 5.74) is 3.08. The van der Waals surface area contributed by atoms with Crippen molar-refractivity contribution in [2.45, 2.75) is 29.8 Å². The van der Waals surface area contributed by atoms with Crippen molar-refractivity contribution in [1.82, 2.24) is 4.98 Å². The topological polar surface area (TPSA) is 93.5 Å². The summed E-state index contributed by atoms with van der Waals surface area (Å²) in [7, 11) is -4.05. The lowest BCUT2D eigenvalue weighted by molar-refractivity contribution is -0.0387. The van der Waals surface area contributed by atoms with Gasteiger partial charge < -0.3 is 19.9 Å². The Balaban J connectivity index is 1.63. The molecule has 0 unspecified atom stereocenters. The first-order valence-corrected chi connectivity index (χ1v) is 11.2. The predicted octanol–water partition coefficient (Wildman–Crippen LogP) is 4.43. The van der Waals surface area contributed by atoms with Gasteiger partial charge in [-0.15, -0.1) is 11.8 Å². The molecule has 0 saturated heterocycles. The average Bonchev–Trinajstić information content (AvgIpc) is 3.00. The maximum Gasteiger partial charge on any atom is 0.335 e. The van der Waals surface area contributed by atoms with Crippen molar-refractivity contribution < 1.29 is 19.5 Å². The van der Waals surface area contributed by atoms with E-state index in [4.69, 9.17) is 9.79 Å². The maximum atomic E-state index is 11.1. The molecule has 1 heterocycles. The fourth-order valence-corrected chi connectivity index (χ4v) is 5.02. The van der Waals surface area contributed by atoms with Gasteiger partial charge in [-0.25, -0.2) is 0 Å². The number of benzene rings is 2. The average molecular weight is 389 g/mol. The Morgan fingerprint density at radius 3 is 2.38 bits per heavy atom. The van der Waals surface area contributed by atoms with Gasteiger partial charge in [0.15, 0.2) is 0 Å². The van der Waals surface area contributed by atoms with Gasteiger partial charge in [0, 0.05) is 22.0 Å². The van der Waals surface area contributed by atoms with Crippen LogP contribution >= 0.6 is 19.4 Å². The van der Waals surface area contributed by atoms with Crippen LogP contribution in [-0.2, 0) is 10.2 Å². The molecule has 1 aliphatic carbocycles. The maximum absolute atomic E-state index is 11.1. The SMILES string of the molecule is O=P(O)(O)CSc1c[nH]c2ccc(-c3ccc(C4(O)CCC4)cc3)cc12. The van der Waals surface area contributed by atoms with Crippen molar-refractivity contribution in [2.24, 2.45) is 0 Å². The highest BCUT2D eigenvalue weighted by Gasteiger charge is 2.35. The third kappa shape index (κ3) is 3.48. The van der Waals surface area contributed by atoms with E-state index in [1.165, 1.54) is 0 Å². The van der Waals surface area contributed by atoms with Crippen molar-refractivity contribution in [3.05, 3.63) is 54.2 Å². The van der Waals surface area contributed by atoms with Crippen molar-refractivity contribution in [2.75, 3.05) is 5.49 Å². The number of nitrogens with one attached hydrogen (secondary N) is 1. The molecule has 1 saturated carbocycles. The van der Waals surface area contributed by atoms with E-state index in [1.807, 2.05) is 42.5 Å². The largest absolute Gasteiger partial charge is 0.385 e. The van der Waals surface area contributed by atoms with Crippen molar-refractivity contribution in [3.8, 4) is 11.1 Å². The van der Waals surface area contributed by atoms with Gasteiger partial charge in [-0.05, 0) is 48.1 Å². The Hall–Kier alpha value is -1.56. The van der Waals surface area contributed by atoms with E-state index in [0.717, 1.165) is 63.5 Å². The highest BCUT2D eigenvalue weighted by molar-refractivity contribution is 8.04. The molecule has 5 nitrogen and oxygen atoms in total. The lowest BCUT2D eigenvalue weighted by Gasteiger charge is -2.37. The zero-order valence-corrected chi connectivity index (χ0v) is 15.8. The first-order chi connectivity index (χ1) is 12.3. The van der Waals surface area contributed by atoms with Gasteiger partial charge in [0.2, 0.25) is 0 Å². The van der Waals surface area contributed by atoms with Gasteiger partial charge in [-0.2, -0.15) is 0 Å². The van der Waals surface area contributed by atoms with E-state index in [-0.39, 0.29) is 5.49 Å². The standard InChI is InChI=1S/C19H20NO4PS/c21-19(8-1-9-19)15-5-2-13(3-6-15)14-4-7-17-16(10-14)18(11-20-17)26-12-25(22,23)24/h2-7,10-11,20-21H,1,8-9,12H2,(H2,22,23,24). The molecule has 0 amide bonds. The normalized spacial score (nSPS) is 16.6. The van der Waals surface area contributed by atoms with Gasteiger partial charge in [-0.1, -0.05) is 30.3 Å². The smallest absolute Gasteiger partial charge is 0.335 e. The molecular formula is C19H20NO4PS. The van der Waals surface area contributed by atoms with Crippen molar-refractivity contribution in [3.63, 3.8) is 0 Å². The highest BCUT2D eigenvalue weighted by Crippen LogP contribution is 2.44.